The van der Waals surface area contributed by atoms with Crippen molar-refractivity contribution >= 4 is 5.95 Å². The molecule has 0 spiro atoms. The van der Waals surface area contributed by atoms with Gasteiger partial charge >= 0.3 is 0 Å². The van der Waals surface area contributed by atoms with Crippen molar-refractivity contribution in [2.24, 2.45) is 7.05 Å². The first kappa shape index (κ1) is 8.80. The van der Waals surface area contributed by atoms with Gasteiger partial charge in [-0.1, -0.05) is 0 Å². The first-order chi connectivity index (χ1) is 6.77. The molecule has 1 atom stereocenters. The Morgan fingerprint density at radius 3 is 2.86 bits per heavy atom. The van der Waals surface area contributed by atoms with Crippen LogP contribution in [0.5, 0.6) is 0 Å². The highest BCUT2D eigenvalue weighted by molar-refractivity contribution is 5.28. The average molecular weight is 191 g/mol. The zero-order chi connectivity index (χ0) is 9.97. The first-order valence-electron chi connectivity index (χ1n) is 4.50. The zero-order valence-electron chi connectivity index (χ0n) is 8.23. The minimum atomic E-state index is 0.131. The second-order valence-corrected chi connectivity index (χ2v) is 3.20. The average Bonchev–Trinajstić information content (AvgIpc) is 2.77. The summed E-state index contributed by atoms with van der Waals surface area (Å²) >= 11 is 0. The third kappa shape index (κ3) is 1.61. The quantitative estimate of drug-likeness (QED) is 0.769. The van der Waals surface area contributed by atoms with Crippen molar-refractivity contribution in [1.29, 1.82) is 0 Å². The number of rotatable bonds is 3. The first-order valence-corrected chi connectivity index (χ1v) is 4.50. The predicted octanol–water partition coefficient (Wildman–Crippen LogP) is 1.32. The van der Waals surface area contributed by atoms with Gasteiger partial charge in [0.05, 0.1) is 6.04 Å². The summed E-state index contributed by atoms with van der Waals surface area (Å²) in [5, 5.41) is 3.25. The monoisotopic (exact) mass is 191 g/mol. The lowest BCUT2D eigenvalue weighted by Crippen LogP contribution is -2.11. The van der Waals surface area contributed by atoms with E-state index in [1.54, 1.807) is 12.4 Å². The Labute approximate surface area is 82.2 Å². The molecule has 14 heavy (non-hydrogen) atoms. The molecular weight excluding hydrogens is 178 g/mol. The maximum Gasteiger partial charge on any atom is 0.203 e. The molecule has 1 unspecified atom stereocenters. The molecule has 0 aromatic carbocycles. The smallest absolute Gasteiger partial charge is 0.203 e. The minimum absolute atomic E-state index is 0.131. The standard InChI is InChI=1S/C9H13N5/c1-7(8-10-3-4-11-8)13-9-12-5-6-14(9)2/h3-7H,1-2H3,(H,10,11)(H,12,13). The molecule has 0 aliphatic rings. The summed E-state index contributed by atoms with van der Waals surface area (Å²) in [5.41, 5.74) is 0. The van der Waals surface area contributed by atoms with E-state index in [0.29, 0.717) is 0 Å². The van der Waals surface area contributed by atoms with Crippen LogP contribution in [0.4, 0.5) is 5.95 Å². The van der Waals surface area contributed by atoms with Gasteiger partial charge in [-0.2, -0.15) is 0 Å². The lowest BCUT2D eigenvalue weighted by Gasteiger charge is -2.11. The summed E-state index contributed by atoms with van der Waals surface area (Å²) in [5.74, 6) is 1.75. The van der Waals surface area contributed by atoms with Crippen molar-refractivity contribution < 1.29 is 0 Å². The van der Waals surface area contributed by atoms with Crippen molar-refractivity contribution in [3.8, 4) is 0 Å². The Bertz CT molecular complexity index is 389. The number of aromatic amines is 1. The van der Waals surface area contributed by atoms with E-state index in [-0.39, 0.29) is 6.04 Å². The highest BCUT2D eigenvalue weighted by Gasteiger charge is 2.08. The number of hydrogen-bond acceptors (Lipinski definition) is 3. The maximum absolute atomic E-state index is 4.18. The topological polar surface area (TPSA) is 58.5 Å². The van der Waals surface area contributed by atoms with Gasteiger partial charge in [-0.05, 0) is 6.92 Å². The molecule has 2 N–H and O–H groups in total. The van der Waals surface area contributed by atoms with Crippen molar-refractivity contribution in [3.63, 3.8) is 0 Å². The number of anilines is 1. The van der Waals surface area contributed by atoms with Gasteiger partial charge in [0.25, 0.3) is 0 Å². The minimum Gasteiger partial charge on any atom is -0.347 e. The Kier molecular flexibility index (Phi) is 2.22. The van der Waals surface area contributed by atoms with Gasteiger partial charge in [-0.15, -0.1) is 0 Å². The largest absolute Gasteiger partial charge is 0.347 e. The van der Waals surface area contributed by atoms with E-state index in [1.165, 1.54) is 0 Å². The molecule has 5 heteroatoms. The second kappa shape index (κ2) is 3.53. The van der Waals surface area contributed by atoms with Crippen LogP contribution in [0.25, 0.3) is 0 Å². The molecule has 0 saturated heterocycles. The molecule has 0 aliphatic carbocycles. The van der Waals surface area contributed by atoms with E-state index in [0.717, 1.165) is 11.8 Å². The van der Waals surface area contributed by atoms with Crippen molar-refractivity contribution in [2.75, 3.05) is 5.32 Å². The van der Waals surface area contributed by atoms with E-state index in [1.807, 2.05) is 30.9 Å². The molecule has 0 amide bonds. The van der Waals surface area contributed by atoms with Crippen LogP contribution in [-0.2, 0) is 7.05 Å². The Hall–Kier alpha value is -1.78. The fourth-order valence-corrected chi connectivity index (χ4v) is 1.28. The summed E-state index contributed by atoms with van der Waals surface area (Å²) in [6.45, 7) is 2.04. The Balaban J connectivity index is 2.09. The Morgan fingerprint density at radius 1 is 1.43 bits per heavy atom. The summed E-state index contributed by atoms with van der Waals surface area (Å²) in [6, 6.07) is 0.131. The lowest BCUT2D eigenvalue weighted by molar-refractivity contribution is 0.776. The molecule has 0 fully saturated rings. The normalized spacial score (nSPS) is 12.7. The molecule has 2 heterocycles. The van der Waals surface area contributed by atoms with Gasteiger partial charge < -0.3 is 14.9 Å². The number of aryl methyl sites for hydroxylation is 1. The van der Waals surface area contributed by atoms with Gasteiger partial charge in [0, 0.05) is 31.8 Å². The van der Waals surface area contributed by atoms with Crippen LogP contribution >= 0.6 is 0 Å². The zero-order valence-corrected chi connectivity index (χ0v) is 8.23. The predicted molar refractivity (Wildman–Crippen MR) is 53.8 cm³/mol. The van der Waals surface area contributed by atoms with Crippen LogP contribution in [0.15, 0.2) is 24.8 Å². The Morgan fingerprint density at radius 2 is 2.29 bits per heavy atom. The molecule has 0 aliphatic heterocycles. The van der Waals surface area contributed by atoms with Crippen molar-refractivity contribution in [1.82, 2.24) is 19.5 Å². The molecule has 2 aromatic rings. The molecular formula is C9H13N5. The molecule has 0 saturated carbocycles. The van der Waals surface area contributed by atoms with E-state index >= 15 is 0 Å². The summed E-state index contributed by atoms with van der Waals surface area (Å²) in [6.07, 6.45) is 7.21. The third-order valence-corrected chi connectivity index (χ3v) is 2.10. The number of H-pyrrole nitrogens is 1. The van der Waals surface area contributed by atoms with E-state index < -0.39 is 0 Å². The molecule has 2 rings (SSSR count). The SMILES string of the molecule is CC(Nc1nccn1C)c1ncc[nH]1. The maximum atomic E-state index is 4.18. The molecule has 5 nitrogen and oxygen atoms in total. The van der Waals surface area contributed by atoms with Crippen LogP contribution in [0.1, 0.15) is 18.8 Å². The fraction of sp³-hybridized carbons (Fsp3) is 0.333. The summed E-state index contributed by atoms with van der Waals surface area (Å²) in [4.78, 5) is 11.4. The van der Waals surface area contributed by atoms with Crippen LogP contribution in [0.3, 0.4) is 0 Å². The highest BCUT2D eigenvalue weighted by Crippen LogP contribution is 2.13. The summed E-state index contributed by atoms with van der Waals surface area (Å²) in [7, 11) is 1.95. The van der Waals surface area contributed by atoms with Gasteiger partial charge in [0.1, 0.15) is 5.82 Å². The number of imidazole rings is 2. The van der Waals surface area contributed by atoms with Gasteiger partial charge in [-0.3, -0.25) is 0 Å². The molecule has 2 aromatic heterocycles. The fourth-order valence-electron chi connectivity index (χ4n) is 1.28. The van der Waals surface area contributed by atoms with Crippen molar-refractivity contribution in [2.45, 2.75) is 13.0 Å². The van der Waals surface area contributed by atoms with Crippen LogP contribution < -0.4 is 5.32 Å². The molecule has 0 bridgehead atoms. The number of aromatic nitrogens is 4. The summed E-state index contributed by atoms with van der Waals surface area (Å²) < 4.78 is 1.93. The van der Waals surface area contributed by atoms with Crippen molar-refractivity contribution in [3.05, 3.63) is 30.6 Å². The van der Waals surface area contributed by atoms with E-state index in [9.17, 15) is 0 Å². The molecule has 0 radical (unpaired) electrons. The number of hydrogen-bond donors (Lipinski definition) is 2. The van der Waals surface area contributed by atoms with E-state index in [4.69, 9.17) is 0 Å². The van der Waals surface area contributed by atoms with E-state index in [2.05, 4.69) is 20.3 Å². The second-order valence-electron chi connectivity index (χ2n) is 3.20. The van der Waals surface area contributed by atoms with Crippen LogP contribution in [0.2, 0.25) is 0 Å². The van der Waals surface area contributed by atoms with Gasteiger partial charge in [-0.25, -0.2) is 9.97 Å². The highest BCUT2D eigenvalue weighted by atomic mass is 15.2. The van der Waals surface area contributed by atoms with Crippen LogP contribution in [-0.4, -0.2) is 19.5 Å². The molecule has 74 valence electrons. The number of nitrogens with one attached hydrogen (secondary N) is 2. The third-order valence-electron chi connectivity index (χ3n) is 2.10. The van der Waals surface area contributed by atoms with Crippen LogP contribution in [0, 0.1) is 0 Å². The lowest BCUT2D eigenvalue weighted by atomic mass is 10.3. The van der Waals surface area contributed by atoms with Gasteiger partial charge in [0.15, 0.2) is 0 Å². The van der Waals surface area contributed by atoms with Gasteiger partial charge in [0.2, 0.25) is 5.95 Å². The number of nitrogens with zero attached hydrogens (tertiary/aromatic N) is 3.